The lowest BCUT2D eigenvalue weighted by molar-refractivity contribution is 0.578. The molecule has 0 atom stereocenters. The molecular formula is C8H14ClN3O2S. The van der Waals surface area contributed by atoms with Crippen LogP contribution in [0.5, 0.6) is 0 Å². The van der Waals surface area contributed by atoms with Crippen LogP contribution in [-0.2, 0) is 10.0 Å². The number of rotatable bonds is 6. The molecule has 0 saturated heterocycles. The van der Waals surface area contributed by atoms with E-state index in [1.807, 2.05) is 0 Å². The average Bonchev–Trinajstić information content (AvgIpc) is 2.60. The molecular weight excluding hydrogens is 238 g/mol. The largest absolute Gasteiger partial charge is 0.281 e. The number of aromatic nitrogens is 2. The molecule has 0 aliphatic heterocycles. The van der Waals surface area contributed by atoms with Gasteiger partial charge in [0.05, 0.1) is 11.9 Å². The fraction of sp³-hybridized carbons (Fsp3) is 0.625. The van der Waals surface area contributed by atoms with Crippen molar-refractivity contribution in [1.29, 1.82) is 0 Å². The summed E-state index contributed by atoms with van der Waals surface area (Å²) >= 11 is 5.48. The van der Waals surface area contributed by atoms with Gasteiger partial charge in [0, 0.05) is 12.4 Å². The standard InChI is InChI=1S/C8H14ClN3O2S/c1-7-8(6-10-12-7)15(13,14)11-5-3-2-4-9/h6,11H,2-5H2,1H3,(H,10,12). The minimum absolute atomic E-state index is 0.202. The van der Waals surface area contributed by atoms with Crippen LogP contribution in [0.25, 0.3) is 0 Å². The maximum absolute atomic E-state index is 11.7. The van der Waals surface area contributed by atoms with E-state index in [0.717, 1.165) is 12.8 Å². The van der Waals surface area contributed by atoms with Crippen LogP contribution < -0.4 is 4.72 Å². The summed E-state index contributed by atoms with van der Waals surface area (Å²) in [5, 5.41) is 6.25. The fourth-order valence-corrected chi connectivity index (χ4v) is 2.51. The molecule has 86 valence electrons. The SMILES string of the molecule is Cc1[nH]ncc1S(=O)(=O)NCCCCCl. The molecule has 0 unspecified atom stereocenters. The molecule has 2 N–H and O–H groups in total. The van der Waals surface area contributed by atoms with Gasteiger partial charge in [-0.3, -0.25) is 5.10 Å². The molecule has 0 fully saturated rings. The first kappa shape index (κ1) is 12.5. The Morgan fingerprint density at radius 1 is 1.53 bits per heavy atom. The number of H-pyrrole nitrogens is 1. The second-order valence-electron chi connectivity index (χ2n) is 3.15. The van der Waals surface area contributed by atoms with Gasteiger partial charge in [0.1, 0.15) is 4.90 Å². The Balaban J connectivity index is 2.57. The summed E-state index contributed by atoms with van der Waals surface area (Å²) in [7, 11) is -3.41. The molecule has 1 aromatic heterocycles. The van der Waals surface area contributed by atoms with Gasteiger partial charge >= 0.3 is 0 Å². The first-order valence-electron chi connectivity index (χ1n) is 4.63. The van der Waals surface area contributed by atoms with Gasteiger partial charge in [0.25, 0.3) is 0 Å². The minimum atomic E-state index is -3.41. The maximum atomic E-state index is 11.7. The fourth-order valence-electron chi connectivity index (χ4n) is 1.11. The second kappa shape index (κ2) is 5.48. The lowest BCUT2D eigenvalue weighted by atomic mass is 10.3. The van der Waals surface area contributed by atoms with Gasteiger partial charge in [-0.1, -0.05) is 0 Å². The lowest BCUT2D eigenvalue weighted by Crippen LogP contribution is -2.25. The monoisotopic (exact) mass is 251 g/mol. The maximum Gasteiger partial charge on any atom is 0.243 e. The van der Waals surface area contributed by atoms with E-state index in [0.29, 0.717) is 18.1 Å². The van der Waals surface area contributed by atoms with E-state index in [1.165, 1.54) is 6.20 Å². The molecule has 0 aromatic carbocycles. The quantitative estimate of drug-likeness (QED) is 0.585. The number of nitrogens with one attached hydrogen (secondary N) is 2. The topological polar surface area (TPSA) is 74.8 Å². The van der Waals surface area contributed by atoms with Crippen LogP contribution in [0.1, 0.15) is 18.5 Å². The Labute approximate surface area is 94.3 Å². The van der Waals surface area contributed by atoms with E-state index in [4.69, 9.17) is 11.6 Å². The Kier molecular flexibility index (Phi) is 4.56. The number of hydrogen-bond acceptors (Lipinski definition) is 3. The van der Waals surface area contributed by atoms with E-state index in [2.05, 4.69) is 14.9 Å². The average molecular weight is 252 g/mol. The number of nitrogens with zero attached hydrogens (tertiary/aromatic N) is 1. The van der Waals surface area contributed by atoms with Crippen LogP contribution in [0, 0.1) is 6.92 Å². The summed E-state index contributed by atoms with van der Waals surface area (Å²) in [5.41, 5.74) is 0.542. The predicted molar refractivity (Wildman–Crippen MR) is 58.5 cm³/mol. The van der Waals surface area contributed by atoms with Crippen LogP contribution in [0.2, 0.25) is 0 Å². The van der Waals surface area contributed by atoms with Crippen molar-refractivity contribution >= 4 is 21.6 Å². The van der Waals surface area contributed by atoms with Gasteiger partial charge in [-0.05, 0) is 19.8 Å². The third kappa shape index (κ3) is 3.48. The van der Waals surface area contributed by atoms with Crippen molar-refractivity contribution in [3.8, 4) is 0 Å². The first-order chi connectivity index (χ1) is 7.08. The summed E-state index contributed by atoms with van der Waals surface area (Å²) in [6.45, 7) is 2.07. The van der Waals surface area contributed by atoms with Crippen molar-refractivity contribution < 1.29 is 8.42 Å². The van der Waals surface area contributed by atoms with Crippen LogP contribution in [0.15, 0.2) is 11.1 Å². The molecule has 7 heteroatoms. The van der Waals surface area contributed by atoms with Crippen molar-refractivity contribution in [2.45, 2.75) is 24.7 Å². The van der Waals surface area contributed by atoms with Crippen LogP contribution in [-0.4, -0.2) is 31.0 Å². The molecule has 0 aliphatic carbocycles. The highest BCUT2D eigenvalue weighted by molar-refractivity contribution is 7.89. The molecule has 15 heavy (non-hydrogen) atoms. The number of sulfonamides is 1. The highest BCUT2D eigenvalue weighted by Crippen LogP contribution is 2.10. The molecule has 0 amide bonds. The number of hydrogen-bond donors (Lipinski definition) is 2. The van der Waals surface area contributed by atoms with E-state index < -0.39 is 10.0 Å². The van der Waals surface area contributed by atoms with Crippen LogP contribution >= 0.6 is 11.6 Å². The molecule has 5 nitrogen and oxygen atoms in total. The summed E-state index contributed by atoms with van der Waals surface area (Å²) < 4.78 is 25.8. The Hall–Kier alpha value is -0.590. The Morgan fingerprint density at radius 3 is 2.80 bits per heavy atom. The van der Waals surface area contributed by atoms with Crippen LogP contribution in [0.4, 0.5) is 0 Å². The van der Waals surface area contributed by atoms with Crippen molar-refractivity contribution in [3.05, 3.63) is 11.9 Å². The molecule has 1 rings (SSSR count). The zero-order valence-electron chi connectivity index (χ0n) is 8.46. The zero-order chi connectivity index (χ0) is 11.3. The molecule has 0 saturated carbocycles. The molecule has 1 heterocycles. The summed E-state index contributed by atoms with van der Waals surface area (Å²) in [4.78, 5) is 0.202. The predicted octanol–water partition coefficient (Wildman–Crippen LogP) is 1.02. The van der Waals surface area contributed by atoms with Gasteiger partial charge in [0.15, 0.2) is 0 Å². The second-order valence-corrected chi connectivity index (χ2v) is 5.27. The van der Waals surface area contributed by atoms with Crippen molar-refractivity contribution in [2.24, 2.45) is 0 Å². The first-order valence-corrected chi connectivity index (χ1v) is 6.65. The minimum Gasteiger partial charge on any atom is -0.281 e. The van der Waals surface area contributed by atoms with Crippen molar-refractivity contribution in [3.63, 3.8) is 0 Å². The lowest BCUT2D eigenvalue weighted by Gasteiger charge is -2.04. The number of aromatic amines is 1. The molecule has 0 spiro atoms. The van der Waals surface area contributed by atoms with Crippen LogP contribution in [0.3, 0.4) is 0 Å². The van der Waals surface area contributed by atoms with E-state index in [-0.39, 0.29) is 4.90 Å². The van der Waals surface area contributed by atoms with E-state index in [9.17, 15) is 8.42 Å². The Bertz CT molecular complexity index is 402. The molecule has 1 aromatic rings. The molecule has 0 radical (unpaired) electrons. The molecule has 0 bridgehead atoms. The van der Waals surface area contributed by atoms with Gasteiger partial charge in [-0.15, -0.1) is 11.6 Å². The highest BCUT2D eigenvalue weighted by Gasteiger charge is 2.17. The van der Waals surface area contributed by atoms with Gasteiger partial charge in [-0.2, -0.15) is 5.10 Å². The zero-order valence-corrected chi connectivity index (χ0v) is 10.0. The molecule has 0 aliphatic rings. The number of aryl methyl sites for hydroxylation is 1. The van der Waals surface area contributed by atoms with Crippen molar-refractivity contribution in [2.75, 3.05) is 12.4 Å². The van der Waals surface area contributed by atoms with Gasteiger partial charge in [0.2, 0.25) is 10.0 Å². The summed E-state index contributed by atoms with van der Waals surface area (Å²) in [5.74, 6) is 0.548. The van der Waals surface area contributed by atoms with E-state index >= 15 is 0 Å². The third-order valence-electron chi connectivity index (χ3n) is 1.93. The third-order valence-corrected chi connectivity index (χ3v) is 3.77. The normalized spacial score (nSPS) is 11.9. The van der Waals surface area contributed by atoms with Gasteiger partial charge in [-0.25, -0.2) is 13.1 Å². The van der Waals surface area contributed by atoms with E-state index in [1.54, 1.807) is 6.92 Å². The number of unbranched alkanes of at least 4 members (excludes halogenated alkanes) is 1. The highest BCUT2D eigenvalue weighted by atomic mass is 35.5. The number of halogens is 1. The summed E-state index contributed by atoms with van der Waals surface area (Å²) in [6, 6.07) is 0. The summed E-state index contributed by atoms with van der Waals surface area (Å²) in [6.07, 6.45) is 2.84. The van der Waals surface area contributed by atoms with Gasteiger partial charge < -0.3 is 0 Å². The smallest absolute Gasteiger partial charge is 0.243 e. The number of alkyl halides is 1. The Morgan fingerprint density at radius 2 is 2.27 bits per heavy atom. The van der Waals surface area contributed by atoms with Crippen molar-refractivity contribution in [1.82, 2.24) is 14.9 Å².